The average Bonchev–Trinajstić information content (AvgIpc) is 2.38. The van der Waals surface area contributed by atoms with Crippen molar-refractivity contribution in [2.45, 2.75) is 6.18 Å². The van der Waals surface area contributed by atoms with E-state index in [1.807, 2.05) is 4.90 Å². The zero-order chi connectivity index (χ0) is 14.0. The van der Waals surface area contributed by atoms with Crippen molar-refractivity contribution in [3.05, 3.63) is 29.3 Å². The van der Waals surface area contributed by atoms with Gasteiger partial charge in [0.25, 0.3) is 5.91 Å². The van der Waals surface area contributed by atoms with Gasteiger partial charge in [0.05, 0.1) is 11.1 Å². The first-order chi connectivity index (χ1) is 8.89. The quantitative estimate of drug-likeness (QED) is 0.851. The molecule has 3 N–H and O–H groups in total. The number of carbonyl (C=O) groups is 1. The molecule has 1 heterocycles. The molecule has 0 saturated carbocycles. The number of carbonyl (C=O) groups excluding carboxylic acids is 1. The highest BCUT2D eigenvalue weighted by atomic mass is 19.4. The molecular weight excluding hydrogens is 259 g/mol. The molecule has 2 rings (SSSR count). The van der Waals surface area contributed by atoms with Gasteiger partial charge in [0, 0.05) is 31.9 Å². The number of alkyl halides is 3. The normalized spacial score (nSPS) is 16.5. The van der Waals surface area contributed by atoms with Crippen LogP contribution in [0.1, 0.15) is 15.9 Å². The largest absolute Gasteiger partial charge is 0.416 e. The topological polar surface area (TPSA) is 58.4 Å². The number of anilines is 1. The van der Waals surface area contributed by atoms with E-state index in [1.165, 1.54) is 6.07 Å². The predicted octanol–water partition coefficient (Wildman–Crippen LogP) is 1.21. The minimum Gasteiger partial charge on any atom is -0.368 e. The third kappa shape index (κ3) is 2.98. The lowest BCUT2D eigenvalue weighted by molar-refractivity contribution is -0.137. The van der Waals surface area contributed by atoms with E-state index in [0.717, 1.165) is 25.2 Å². The van der Waals surface area contributed by atoms with Crippen LogP contribution < -0.4 is 16.0 Å². The Morgan fingerprint density at radius 3 is 2.42 bits per heavy atom. The Morgan fingerprint density at radius 1 is 1.26 bits per heavy atom. The second-order valence-electron chi connectivity index (χ2n) is 4.33. The summed E-state index contributed by atoms with van der Waals surface area (Å²) in [4.78, 5) is 13.2. The highest BCUT2D eigenvalue weighted by Gasteiger charge is 2.32. The monoisotopic (exact) mass is 273 g/mol. The summed E-state index contributed by atoms with van der Waals surface area (Å²) in [6, 6.07) is 3.11. The summed E-state index contributed by atoms with van der Waals surface area (Å²) in [6.45, 7) is 2.70. The minimum atomic E-state index is -4.48. The molecule has 1 amide bonds. The standard InChI is InChI=1S/C12H14F3N3O/c13-12(14,15)8-1-2-10(9(7-8)11(16)19)18-5-3-17-4-6-18/h1-2,7,17H,3-6H2,(H2,16,19). The Hall–Kier alpha value is -1.76. The molecule has 1 aliphatic rings. The summed E-state index contributed by atoms with van der Waals surface area (Å²) < 4.78 is 37.9. The molecule has 1 aliphatic heterocycles. The van der Waals surface area contributed by atoms with Crippen LogP contribution in [0, 0.1) is 0 Å². The average molecular weight is 273 g/mol. The Balaban J connectivity index is 2.40. The Bertz CT molecular complexity index is 482. The van der Waals surface area contributed by atoms with Gasteiger partial charge >= 0.3 is 6.18 Å². The first kappa shape index (κ1) is 13.7. The third-order valence-corrected chi connectivity index (χ3v) is 3.05. The van der Waals surface area contributed by atoms with Crippen molar-refractivity contribution in [3.63, 3.8) is 0 Å². The van der Waals surface area contributed by atoms with Crippen LogP contribution >= 0.6 is 0 Å². The van der Waals surface area contributed by atoms with Crippen molar-refractivity contribution < 1.29 is 18.0 Å². The molecule has 0 spiro atoms. The highest BCUT2D eigenvalue weighted by Crippen LogP contribution is 2.32. The fourth-order valence-corrected chi connectivity index (χ4v) is 2.09. The van der Waals surface area contributed by atoms with Gasteiger partial charge in [0.2, 0.25) is 0 Å². The maximum absolute atomic E-state index is 12.6. The molecule has 0 atom stereocenters. The second kappa shape index (κ2) is 5.08. The highest BCUT2D eigenvalue weighted by molar-refractivity contribution is 5.99. The number of nitrogens with zero attached hydrogens (tertiary/aromatic N) is 1. The molecule has 19 heavy (non-hydrogen) atoms. The van der Waals surface area contributed by atoms with Crippen LogP contribution in [0.15, 0.2) is 18.2 Å². The Kier molecular flexibility index (Phi) is 3.66. The first-order valence-corrected chi connectivity index (χ1v) is 5.86. The van der Waals surface area contributed by atoms with E-state index in [-0.39, 0.29) is 5.56 Å². The Morgan fingerprint density at radius 2 is 1.89 bits per heavy atom. The summed E-state index contributed by atoms with van der Waals surface area (Å²) >= 11 is 0. The summed E-state index contributed by atoms with van der Waals surface area (Å²) in [6.07, 6.45) is -4.48. The van der Waals surface area contributed by atoms with E-state index in [2.05, 4.69) is 5.32 Å². The molecule has 0 aromatic heterocycles. The maximum Gasteiger partial charge on any atom is 0.416 e. The van der Waals surface area contributed by atoms with Crippen molar-refractivity contribution in [1.29, 1.82) is 0 Å². The fraction of sp³-hybridized carbons (Fsp3) is 0.417. The van der Waals surface area contributed by atoms with Crippen LogP contribution in [0.4, 0.5) is 18.9 Å². The van der Waals surface area contributed by atoms with Crippen LogP contribution in [-0.4, -0.2) is 32.1 Å². The number of rotatable bonds is 2. The molecule has 7 heteroatoms. The van der Waals surface area contributed by atoms with Crippen molar-refractivity contribution in [1.82, 2.24) is 5.32 Å². The van der Waals surface area contributed by atoms with Crippen LogP contribution in [0.25, 0.3) is 0 Å². The number of benzene rings is 1. The van der Waals surface area contributed by atoms with Gasteiger partial charge in [-0.15, -0.1) is 0 Å². The third-order valence-electron chi connectivity index (χ3n) is 3.05. The van der Waals surface area contributed by atoms with E-state index in [0.29, 0.717) is 18.8 Å². The van der Waals surface area contributed by atoms with Crippen molar-refractivity contribution >= 4 is 11.6 Å². The van der Waals surface area contributed by atoms with Gasteiger partial charge in [0.1, 0.15) is 0 Å². The first-order valence-electron chi connectivity index (χ1n) is 5.86. The lowest BCUT2D eigenvalue weighted by Gasteiger charge is -2.31. The Labute approximate surface area is 108 Å². The SMILES string of the molecule is NC(=O)c1cc(C(F)(F)F)ccc1N1CCNCC1. The van der Waals surface area contributed by atoms with Gasteiger partial charge in [-0.1, -0.05) is 0 Å². The second-order valence-corrected chi connectivity index (χ2v) is 4.33. The maximum atomic E-state index is 12.6. The molecule has 1 aromatic rings. The summed E-state index contributed by atoms with van der Waals surface area (Å²) in [5.41, 5.74) is 4.70. The smallest absolute Gasteiger partial charge is 0.368 e. The molecule has 0 unspecified atom stereocenters. The lowest BCUT2D eigenvalue weighted by Crippen LogP contribution is -2.44. The van der Waals surface area contributed by atoms with Gasteiger partial charge in [-0.05, 0) is 18.2 Å². The molecule has 0 bridgehead atoms. The molecule has 1 aromatic carbocycles. The molecule has 1 saturated heterocycles. The molecule has 0 radical (unpaired) electrons. The molecular formula is C12H14F3N3O. The summed E-state index contributed by atoms with van der Waals surface area (Å²) in [5.74, 6) is -0.848. The van der Waals surface area contributed by atoms with Crippen molar-refractivity contribution in [3.8, 4) is 0 Å². The number of halogens is 3. The van der Waals surface area contributed by atoms with Gasteiger partial charge in [-0.25, -0.2) is 0 Å². The number of piperazine rings is 1. The predicted molar refractivity (Wildman–Crippen MR) is 65.0 cm³/mol. The summed E-state index contributed by atoms with van der Waals surface area (Å²) in [5, 5.41) is 3.13. The van der Waals surface area contributed by atoms with Crippen molar-refractivity contribution in [2.24, 2.45) is 5.73 Å². The van der Waals surface area contributed by atoms with Crippen LogP contribution in [0.2, 0.25) is 0 Å². The van der Waals surface area contributed by atoms with Crippen LogP contribution in [0.3, 0.4) is 0 Å². The van der Waals surface area contributed by atoms with Crippen LogP contribution in [-0.2, 0) is 6.18 Å². The number of hydrogen-bond acceptors (Lipinski definition) is 3. The summed E-state index contributed by atoms with van der Waals surface area (Å²) in [7, 11) is 0. The number of amides is 1. The van der Waals surface area contributed by atoms with Crippen LogP contribution in [0.5, 0.6) is 0 Å². The van der Waals surface area contributed by atoms with Crippen molar-refractivity contribution in [2.75, 3.05) is 31.1 Å². The van der Waals surface area contributed by atoms with Gasteiger partial charge < -0.3 is 16.0 Å². The molecule has 1 fully saturated rings. The number of nitrogens with two attached hydrogens (primary N) is 1. The lowest BCUT2D eigenvalue weighted by atomic mass is 10.1. The van der Waals surface area contributed by atoms with Gasteiger partial charge in [0.15, 0.2) is 0 Å². The minimum absolute atomic E-state index is 0.0864. The zero-order valence-electron chi connectivity index (χ0n) is 10.1. The number of hydrogen-bond donors (Lipinski definition) is 2. The van der Waals surface area contributed by atoms with E-state index >= 15 is 0 Å². The van der Waals surface area contributed by atoms with E-state index < -0.39 is 17.6 Å². The molecule has 0 aliphatic carbocycles. The number of nitrogens with one attached hydrogen (secondary N) is 1. The van der Waals surface area contributed by atoms with E-state index in [1.54, 1.807) is 0 Å². The van der Waals surface area contributed by atoms with E-state index in [9.17, 15) is 18.0 Å². The fourth-order valence-electron chi connectivity index (χ4n) is 2.09. The number of primary amides is 1. The zero-order valence-corrected chi connectivity index (χ0v) is 10.1. The van der Waals surface area contributed by atoms with Gasteiger partial charge in [-0.2, -0.15) is 13.2 Å². The van der Waals surface area contributed by atoms with Gasteiger partial charge in [-0.3, -0.25) is 4.79 Å². The molecule has 4 nitrogen and oxygen atoms in total. The van der Waals surface area contributed by atoms with E-state index in [4.69, 9.17) is 5.73 Å². The molecule has 104 valence electrons.